The van der Waals surface area contributed by atoms with Crippen molar-refractivity contribution in [2.24, 2.45) is 0 Å². The predicted octanol–water partition coefficient (Wildman–Crippen LogP) is 11.3. The van der Waals surface area contributed by atoms with Gasteiger partial charge >= 0.3 is 26.2 Å². The van der Waals surface area contributed by atoms with E-state index in [1.807, 2.05) is 30.3 Å². The van der Waals surface area contributed by atoms with Crippen molar-refractivity contribution in [1.29, 1.82) is 0 Å². The molecule has 0 atom stereocenters. The number of rotatable bonds is 8. The average Bonchev–Trinajstić information content (AvgIpc) is 3.57. The fourth-order valence-corrected chi connectivity index (χ4v) is 5.42. The van der Waals surface area contributed by atoms with E-state index in [2.05, 4.69) is 81.5 Å². The SMILES string of the molecule is C1CCCC1.Cc1c(C)c(C)c([N-]CCNCC[N-]c2c(C)c(C)c(C)c(C)c2C)c(C)c1C.[CH2-]c1ccccc1.[CH3-].[Zr+4]. The third kappa shape index (κ3) is 12.1. The van der Waals surface area contributed by atoms with Gasteiger partial charge in [-0.1, -0.05) is 60.4 Å². The second kappa shape index (κ2) is 20.8. The van der Waals surface area contributed by atoms with Gasteiger partial charge in [-0.2, -0.15) is 24.6 Å². The van der Waals surface area contributed by atoms with Crippen LogP contribution in [0.2, 0.25) is 0 Å². The molecule has 0 aliphatic heterocycles. The van der Waals surface area contributed by atoms with Crippen LogP contribution < -0.4 is 5.32 Å². The molecule has 4 heteroatoms. The van der Waals surface area contributed by atoms with E-state index in [4.69, 9.17) is 10.6 Å². The third-order valence-electron chi connectivity index (χ3n) is 9.13. The van der Waals surface area contributed by atoms with Crippen LogP contribution in [0.3, 0.4) is 0 Å². The summed E-state index contributed by atoms with van der Waals surface area (Å²) >= 11 is 0. The van der Waals surface area contributed by atoms with Crippen molar-refractivity contribution < 1.29 is 26.2 Å². The molecule has 0 saturated heterocycles. The molecule has 1 aliphatic carbocycles. The first kappa shape index (κ1) is 41.0. The van der Waals surface area contributed by atoms with Crippen molar-refractivity contribution in [3.8, 4) is 0 Å². The Morgan fingerprint density at radius 1 is 0.512 bits per heavy atom. The van der Waals surface area contributed by atoms with E-state index in [1.54, 1.807) is 0 Å². The van der Waals surface area contributed by atoms with Gasteiger partial charge in [0.15, 0.2) is 0 Å². The Labute approximate surface area is 285 Å². The first-order chi connectivity index (χ1) is 19.5. The molecule has 3 aromatic rings. The van der Waals surface area contributed by atoms with E-state index >= 15 is 0 Å². The molecule has 3 nitrogen and oxygen atoms in total. The molecule has 1 N–H and O–H groups in total. The van der Waals surface area contributed by atoms with Crippen LogP contribution in [0.5, 0.6) is 0 Å². The molecule has 0 spiro atoms. The molecule has 0 unspecified atom stereocenters. The monoisotopic (exact) mass is 659 g/mol. The van der Waals surface area contributed by atoms with Crippen LogP contribution >= 0.6 is 0 Å². The van der Waals surface area contributed by atoms with Crippen LogP contribution in [-0.2, 0) is 26.2 Å². The molecule has 1 saturated carbocycles. The smallest absolute Gasteiger partial charge is 0.683 e. The molecule has 0 amide bonds. The van der Waals surface area contributed by atoms with E-state index in [1.165, 1.54) is 99.1 Å². The minimum absolute atomic E-state index is 0. The number of hydrogen-bond donors (Lipinski definition) is 1. The third-order valence-corrected chi connectivity index (χ3v) is 9.13. The molecule has 1 aliphatic rings. The fraction of sp³-hybridized carbons (Fsp3) is 0.487. The molecule has 0 heterocycles. The first-order valence-electron chi connectivity index (χ1n) is 15.6. The van der Waals surface area contributed by atoms with E-state index in [0.29, 0.717) is 0 Å². The standard InChI is InChI=1S/C26H39N3.C7H7.C5H10.CH3.Zr/c1-15-17(3)21(7)25(22(8)18(15)4)28-13-11-27-12-14-29-26-23(9)19(5)16(2)20(6)24(26)10;1-7-5-3-2-4-6-7;1-2-4-5-3-1;;/h27H,11-14H2,1-10H3;2-6H,1H2;1-5H2;1H3;/q-2;-1;;-1;+4. The van der Waals surface area contributed by atoms with Gasteiger partial charge in [-0.15, -0.1) is 36.6 Å². The molecule has 43 heavy (non-hydrogen) atoms. The second-order valence-electron chi connectivity index (χ2n) is 11.7. The summed E-state index contributed by atoms with van der Waals surface area (Å²) < 4.78 is 0. The molecule has 0 aromatic heterocycles. The Morgan fingerprint density at radius 3 is 1.05 bits per heavy atom. The Kier molecular flexibility index (Phi) is 19.9. The quantitative estimate of drug-likeness (QED) is 0.190. The molecule has 3 aromatic carbocycles. The van der Waals surface area contributed by atoms with Gasteiger partial charge < -0.3 is 23.4 Å². The van der Waals surface area contributed by atoms with Gasteiger partial charge in [-0.05, 0) is 116 Å². The Morgan fingerprint density at radius 2 is 0.791 bits per heavy atom. The summed E-state index contributed by atoms with van der Waals surface area (Å²) in [5, 5.41) is 13.3. The van der Waals surface area contributed by atoms with Gasteiger partial charge in [-0.3, -0.25) is 0 Å². The average molecular weight is 661 g/mol. The number of nitrogens with one attached hydrogen (secondary N) is 1. The number of benzene rings is 3. The molecule has 4 rings (SSSR count). The van der Waals surface area contributed by atoms with Gasteiger partial charge in [0.25, 0.3) is 0 Å². The maximum absolute atomic E-state index is 4.89. The molecule has 0 bridgehead atoms. The van der Waals surface area contributed by atoms with E-state index < -0.39 is 0 Å². The Hall–Kier alpha value is -2.03. The largest absolute Gasteiger partial charge is 4.00 e. The van der Waals surface area contributed by atoms with E-state index in [0.717, 1.165) is 31.7 Å². The van der Waals surface area contributed by atoms with E-state index in [9.17, 15) is 0 Å². The number of nitrogens with zero attached hydrogens (tertiary/aromatic N) is 2. The van der Waals surface area contributed by atoms with Crippen LogP contribution in [0, 0.1) is 83.6 Å². The molecule has 1 fully saturated rings. The van der Waals surface area contributed by atoms with Crippen molar-refractivity contribution in [3.63, 3.8) is 0 Å². The van der Waals surface area contributed by atoms with Crippen LogP contribution in [0.25, 0.3) is 10.6 Å². The van der Waals surface area contributed by atoms with Crippen LogP contribution in [-0.4, -0.2) is 26.2 Å². The predicted molar refractivity (Wildman–Crippen MR) is 189 cm³/mol. The molecule has 0 radical (unpaired) electrons. The zero-order valence-electron chi connectivity index (χ0n) is 29.4. The second-order valence-corrected chi connectivity index (χ2v) is 11.7. The fourth-order valence-electron chi connectivity index (χ4n) is 5.42. The van der Waals surface area contributed by atoms with Gasteiger partial charge in [0, 0.05) is 0 Å². The van der Waals surface area contributed by atoms with Gasteiger partial charge in [0.2, 0.25) is 0 Å². The molecule has 234 valence electrons. The van der Waals surface area contributed by atoms with Crippen molar-refractivity contribution >= 4 is 11.4 Å². The Balaban J connectivity index is 0.00000104. The van der Waals surface area contributed by atoms with Crippen LogP contribution in [0.15, 0.2) is 30.3 Å². The van der Waals surface area contributed by atoms with Crippen molar-refractivity contribution in [3.05, 3.63) is 117 Å². The Bertz CT molecular complexity index is 1100. The topological polar surface area (TPSA) is 40.2 Å². The van der Waals surface area contributed by atoms with Crippen molar-refractivity contribution in [1.82, 2.24) is 5.32 Å². The zero-order valence-corrected chi connectivity index (χ0v) is 31.8. The first-order valence-corrected chi connectivity index (χ1v) is 15.6. The maximum Gasteiger partial charge on any atom is 4.00 e. The normalized spacial score (nSPS) is 11.7. The summed E-state index contributed by atoms with van der Waals surface area (Å²) in [5.41, 5.74) is 16.9. The summed E-state index contributed by atoms with van der Waals surface area (Å²) in [6.45, 7) is 29.1. The van der Waals surface area contributed by atoms with E-state index in [-0.39, 0.29) is 33.6 Å². The van der Waals surface area contributed by atoms with Gasteiger partial charge in [0.05, 0.1) is 0 Å². The zero-order chi connectivity index (χ0) is 30.5. The summed E-state index contributed by atoms with van der Waals surface area (Å²) in [6, 6.07) is 9.87. The molecular weight excluding hydrogens is 602 g/mol. The number of hydrogen-bond acceptors (Lipinski definition) is 1. The summed E-state index contributed by atoms with van der Waals surface area (Å²) in [5.74, 6) is 0. The van der Waals surface area contributed by atoms with Crippen LogP contribution in [0.1, 0.15) is 93.3 Å². The van der Waals surface area contributed by atoms with Gasteiger partial charge in [-0.25, -0.2) is 0 Å². The summed E-state index contributed by atoms with van der Waals surface area (Å²) in [6.07, 6.45) is 7.50. The van der Waals surface area contributed by atoms with Crippen LogP contribution in [0.4, 0.5) is 11.4 Å². The minimum atomic E-state index is 0. The van der Waals surface area contributed by atoms with Crippen molar-refractivity contribution in [2.75, 3.05) is 26.2 Å². The van der Waals surface area contributed by atoms with Crippen molar-refractivity contribution in [2.45, 2.75) is 101 Å². The maximum atomic E-state index is 4.89. The summed E-state index contributed by atoms with van der Waals surface area (Å²) in [4.78, 5) is 0. The van der Waals surface area contributed by atoms with Gasteiger partial charge in [0.1, 0.15) is 0 Å². The molecular formula is C39H59N3Zr. The summed E-state index contributed by atoms with van der Waals surface area (Å²) in [7, 11) is 0. The minimum Gasteiger partial charge on any atom is -0.683 e.